The Morgan fingerprint density at radius 2 is 1.36 bits per heavy atom. The molecule has 0 bridgehead atoms. The molecule has 0 aliphatic carbocycles. The number of hydrogen-bond donors (Lipinski definition) is 2. The summed E-state index contributed by atoms with van der Waals surface area (Å²) in [5, 5.41) is 5.56. The lowest BCUT2D eigenvalue weighted by Crippen LogP contribution is -2.33. The zero-order valence-corrected chi connectivity index (χ0v) is 18.3. The Hall–Kier alpha value is -2.76. The highest BCUT2D eigenvalue weighted by atomic mass is 32.1. The molecule has 0 amide bonds. The van der Waals surface area contributed by atoms with Gasteiger partial charge < -0.3 is 20.1 Å². The molecule has 0 aliphatic heterocycles. The van der Waals surface area contributed by atoms with Gasteiger partial charge in [-0.3, -0.25) is 0 Å². The smallest absolute Gasteiger partial charge is 0.422 e. The Morgan fingerprint density at radius 3 is 1.85 bits per heavy atom. The van der Waals surface area contributed by atoms with Crippen LogP contribution in [-0.4, -0.2) is 36.9 Å². The van der Waals surface area contributed by atoms with Crippen LogP contribution in [0.2, 0.25) is 0 Å². The molecule has 12 heteroatoms. The lowest BCUT2D eigenvalue weighted by atomic mass is 10.0. The van der Waals surface area contributed by atoms with Gasteiger partial charge in [0.15, 0.2) is 18.3 Å². The van der Waals surface area contributed by atoms with E-state index in [-0.39, 0.29) is 10.8 Å². The van der Waals surface area contributed by atoms with E-state index in [0.717, 1.165) is 23.8 Å². The predicted molar refractivity (Wildman–Crippen MR) is 115 cm³/mol. The van der Waals surface area contributed by atoms with E-state index in [9.17, 15) is 30.7 Å². The van der Waals surface area contributed by atoms with Crippen molar-refractivity contribution in [3.8, 4) is 11.5 Å². The standard InChI is InChI=1S/C21H21F7N2O2S/c1-12(2)13-3-5-14(6-4-13)29-19(33)30-15-7-16(31-10-20(24,25)18(22)23)9-17(8-15)32-11-21(26,27)28/h3-9,12,18H,10-11H2,1-2H3,(H2,29,30,33). The highest BCUT2D eigenvalue weighted by molar-refractivity contribution is 7.80. The summed E-state index contributed by atoms with van der Waals surface area (Å²) in [4.78, 5) is 0. The van der Waals surface area contributed by atoms with E-state index in [4.69, 9.17) is 12.2 Å². The van der Waals surface area contributed by atoms with Crippen LogP contribution in [0.15, 0.2) is 42.5 Å². The largest absolute Gasteiger partial charge is 0.487 e. The fourth-order valence-corrected chi connectivity index (χ4v) is 2.70. The van der Waals surface area contributed by atoms with E-state index in [0.29, 0.717) is 11.6 Å². The Labute approximate surface area is 191 Å². The topological polar surface area (TPSA) is 42.5 Å². The lowest BCUT2D eigenvalue weighted by molar-refractivity contribution is -0.153. The Balaban J connectivity index is 2.15. The van der Waals surface area contributed by atoms with Crippen molar-refractivity contribution in [3.05, 3.63) is 48.0 Å². The minimum atomic E-state index is -4.66. The summed E-state index contributed by atoms with van der Waals surface area (Å²) in [5.74, 6) is -4.94. The summed E-state index contributed by atoms with van der Waals surface area (Å²) in [7, 11) is 0. The highest BCUT2D eigenvalue weighted by Gasteiger charge is 2.41. The van der Waals surface area contributed by atoms with Gasteiger partial charge in [0.05, 0.1) is 0 Å². The van der Waals surface area contributed by atoms with E-state index < -0.39 is 43.2 Å². The maximum Gasteiger partial charge on any atom is 0.422 e. The van der Waals surface area contributed by atoms with E-state index >= 15 is 0 Å². The molecule has 4 nitrogen and oxygen atoms in total. The van der Waals surface area contributed by atoms with Crippen LogP contribution < -0.4 is 20.1 Å². The number of thiocarbonyl (C=S) groups is 1. The van der Waals surface area contributed by atoms with Crippen molar-refractivity contribution in [3.63, 3.8) is 0 Å². The Bertz CT molecular complexity index is 935. The van der Waals surface area contributed by atoms with Crippen LogP contribution in [0.25, 0.3) is 0 Å². The van der Waals surface area contributed by atoms with Gasteiger partial charge in [0, 0.05) is 29.6 Å². The van der Waals surface area contributed by atoms with Crippen molar-refractivity contribution >= 4 is 28.7 Å². The molecule has 0 heterocycles. The first-order valence-electron chi connectivity index (χ1n) is 9.56. The van der Waals surface area contributed by atoms with Gasteiger partial charge in [-0.25, -0.2) is 8.78 Å². The third-order valence-corrected chi connectivity index (χ3v) is 4.33. The van der Waals surface area contributed by atoms with Crippen molar-refractivity contribution in [2.45, 2.75) is 38.3 Å². The summed E-state index contributed by atoms with van der Waals surface area (Å²) in [6.07, 6.45) is -8.63. The maximum absolute atomic E-state index is 13.2. The van der Waals surface area contributed by atoms with Crippen molar-refractivity contribution in [1.82, 2.24) is 0 Å². The van der Waals surface area contributed by atoms with Crippen LogP contribution in [0.1, 0.15) is 25.3 Å². The first kappa shape index (κ1) is 26.5. The van der Waals surface area contributed by atoms with Gasteiger partial charge in [0.25, 0.3) is 0 Å². The number of hydrogen-bond acceptors (Lipinski definition) is 3. The summed E-state index contributed by atoms with van der Waals surface area (Å²) in [5.41, 5.74) is 1.74. The molecule has 2 rings (SSSR count). The summed E-state index contributed by atoms with van der Waals surface area (Å²) in [6.45, 7) is 0.713. The molecular formula is C21H21F7N2O2S. The number of anilines is 2. The fraction of sp³-hybridized carbons (Fsp3) is 0.381. The van der Waals surface area contributed by atoms with Crippen molar-refractivity contribution in [2.75, 3.05) is 23.8 Å². The molecular weight excluding hydrogens is 477 g/mol. The number of halogens is 7. The van der Waals surface area contributed by atoms with E-state index in [1.54, 1.807) is 12.1 Å². The second kappa shape index (κ2) is 10.9. The normalized spacial score (nSPS) is 12.1. The van der Waals surface area contributed by atoms with Gasteiger partial charge in [-0.2, -0.15) is 22.0 Å². The molecule has 0 unspecified atom stereocenters. The third kappa shape index (κ3) is 8.95. The molecule has 0 aliphatic rings. The summed E-state index contributed by atoms with van der Waals surface area (Å²) >= 11 is 5.17. The number of ether oxygens (including phenoxy) is 2. The van der Waals surface area contributed by atoms with Gasteiger partial charge in [-0.15, -0.1) is 0 Å². The quantitative estimate of drug-likeness (QED) is 0.293. The minimum Gasteiger partial charge on any atom is -0.487 e. The van der Waals surface area contributed by atoms with Crippen LogP contribution in [0.4, 0.5) is 42.1 Å². The second-order valence-corrected chi connectivity index (χ2v) is 7.71. The SMILES string of the molecule is CC(C)c1ccc(NC(=S)Nc2cc(OCC(F)(F)F)cc(OCC(F)(F)C(F)F)c2)cc1. The number of alkyl halides is 7. The lowest BCUT2D eigenvalue weighted by Gasteiger charge is -2.18. The molecule has 2 aromatic carbocycles. The molecule has 2 N–H and O–H groups in total. The fourth-order valence-electron chi connectivity index (χ4n) is 2.46. The van der Waals surface area contributed by atoms with E-state index in [2.05, 4.69) is 20.1 Å². The first-order valence-corrected chi connectivity index (χ1v) is 9.97. The minimum absolute atomic E-state index is 0.0290. The summed E-state index contributed by atoms with van der Waals surface area (Å²) in [6, 6.07) is 10.4. The average molecular weight is 498 g/mol. The monoisotopic (exact) mass is 498 g/mol. The van der Waals surface area contributed by atoms with Crippen LogP contribution in [-0.2, 0) is 0 Å². The molecule has 0 saturated carbocycles. The zero-order chi connectivity index (χ0) is 24.8. The van der Waals surface area contributed by atoms with E-state index in [1.165, 1.54) is 0 Å². The number of rotatable bonds is 9. The predicted octanol–water partition coefficient (Wildman–Crippen LogP) is 6.84. The molecule has 0 radical (unpaired) electrons. The van der Waals surface area contributed by atoms with Crippen molar-refractivity contribution in [2.24, 2.45) is 0 Å². The molecule has 0 atom stereocenters. The maximum atomic E-state index is 13.2. The molecule has 182 valence electrons. The van der Waals surface area contributed by atoms with Crippen LogP contribution in [0, 0.1) is 0 Å². The zero-order valence-electron chi connectivity index (χ0n) is 17.5. The van der Waals surface area contributed by atoms with Gasteiger partial charge >= 0.3 is 18.5 Å². The highest BCUT2D eigenvalue weighted by Crippen LogP contribution is 2.30. The van der Waals surface area contributed by atoms with Crippen LogP contribution >= 0.6 is 12.2 Å². The van der Waals surface area contributed by atoms with Crippen LogP contribution in [0.3, 0.4) is 0 Å². The molecule has 0 spiro atoms. The Morgan fingerprint density at radius 1 is 0.848 bits per heavy atom. The Kier molecular flexibility index (Phi) is 8.76. The third-order valence-electron chi connectivity index (χ3n) is 4.13. The van der Waals surface area contributed by atoms with Gasteiger partial charge in [-0.1, -0.05) is 26.0 Å². The van der Waals surface area contributed by atoms with Crippen LogP contribution in [0.5, 0.6) is 11.5 Å². The average Bonchev–Trinajstić information content (AvgIpc) is 2.70. The van der Waals surface area contributed by atoms with Gasteiger partial charge in [0.2, 0.25) is 0 Å². The van der Waals surface area contributed by atoms with E-state index in [1.807, 2.05) is 26.0 Å². The molecule has 0 aromatic heterocycles. The summed E-state index contributed by atoms with van der Waals surface area (Å²) < 4.78 is 97.8. The first-order chi connectivity index (χ1) is 15.2. The number of nitrogens with one attached hydrogen (secondary N) is 2. The van der Waals surface area contributed by atoms with Crippen molar-refractivity contribution in [1.29, 1.82) is 0 Å². The number of benzene rings is 2. The molecule has 0 fully saturated rings. The molecule has 33 heavy (non-hydrogen) atoms. The molecule has 0 saturated heterocycles. The van der Waals surface area contributed by atoms with Gasteiger partial charge in [0.1, 0.15) is 11.5 Å². The van der Waals surface area contributed by atoms with Gasteiger partial charge in [-0.05, 0) is 35.8 Å². The second-order valence-electron chi connectivity index (χ2n) is 7.30. The van der Waals surface area contributed by atoms with Crippen molar-refractivity contribution < 1.29 is 40.2 Å². The molecule has 2 aromatic rings.